The predicted octanol–water partition coefficient (Wildman–Crippen LogP) is 2.82. The fourth-order valence-electron chi connectivity index (χ4n) is 1.40. The Bertz CT molecular complexity index is 345. The quantitative estimate of drug-likeness (QED) is 0.804. The van der Waals surface area contributed by atoms with Crippen LogP contribution in [0.15, 0.2) is 6.20 Å². The number of nitrogens with zero attached hydrogens (tertiary/aromatic N) is 2. The lowest BCUT2D eigenvalue weighted by Crippen LogP contribution is -2.33. The van der Waals surface area contributed by atoms with Crippen molar-refractivity contribution in [2.45, 2.75) is 46.1 Å². The highest BCUT2D eigenvalue weighted by molar-refractivity contribution is 5.48. The SMILES string of the molecule is CCC(C)(CC)Nc1nc(NC)ncc1C. The van der Waals surface area contributed by atoms with E-state index in [1.165, 1.54) is 0 Å². The highest BCUT2D eigenvalue weighted by Crippen LogP contribution is 2.22. The first-order chi connectivity index (χ1) is 7.54. The molecule has 0 bridgehead atoms. The molecule has 0 saturated carbocycles. The Morgan fingerprint density at radius 3 is 2.44 bits per heavy atom. The van der Waals surface area contributed by atoms with Gasteiger partial charge in [-0.05, 0) is 26.7 Å². The summed E-state index contributed by atoms with van der Waals surface area (Å²) in [5.41, 5.74) is 1.18. The number of rotatable bonds is 5. The summed E-state index contributed by atoms with van der Waals surface area (Å²) in [5, 5.41) is 6.46. The Morgan fingerprint density at radius 1 is 1.31 bits per heavy atom. The zero-order valence-electron chi connectivity index (χ0n) is 10.9. The maximum atomic E-state index is 4.44. The molecule has 0 atom stereocenters. The molecule has 0 amide bonds. The van der Waals surface area contributed by atoms with Crippen molar-refractivity contribution in [3.63, 3.8) is 0 Å². The number of anilines is 2. The van der Waals surface area contributed by atoms with Crippen LogP contribution in [0.3, 0.4) is 0 Å². The van der Waals surface area contributed by atoms with Gasteiger partial charge in [-0.3, -0.25) is 0 Å². The molecule has 0 aliphatic carbocycles. The molecule has 0 aliphatic heterocycles. The fraction of sp³-hybridized carbons (Fsp3) is 0.667. The van der Waals surface area contributed by atoms with Crippen molar-refractivity contribution in [3.05, 3.63) is 11.8 Å². The van der Waals surface area contributed by atoms with E-state index in [2.05, 4.69) is 41.4 Å². The summed E-state index contributed by atoms with van der Waals surface area (Å²) in [5.74, 6) is 1.58. The molecule has 0 spiro atoms. The number of hydrogen-bond donors (Lipinski definition) is 2. The second kappa shape index (κ2) is 5.14. The van der Waals surface area contributed by atoms with Gasteiger partial charge in [0.05, 0.1) is 0 Å². The molecule has 0 fully saturated rings. The summed E-state index contributed by atoms with van der Waals surface area (Å²) in [6.45, 7) is 8.61. The molecule has 2 N–H and O–H groups in total. The maximum absolute atomic E-state index is 4.44. The van der Waals surface area contributed by atoms with Gasteiger partial charge in [-0.25, -0.2) is 4.98 Å². The Balaban J connectivity index is 2.95. The van der Waals surface area contributed by atoms with Crippen LogP contribution in [0.4, 0.5) is 11.8 Å². The van der Waals surface area contributed by atoms with Gasteiger partial charge in [-0.1, -0.05) is 13.8 Å². The Hall–Kier alpha value is -1.32. The molecule has 16 heavy (non-hydrogen) atoms. The third-order valence-corrected chi connectivity index (χ3v) is 3.18. The average Bonchev–Trinajstić information content (AvgIpc) is 2.32. The lowest BCUT2D eigenvalue weighted by molar-refractivity contribution is 0.476. The van der Waals surface area contributed by atoms with Crippen molar-refractivity contribution in [2.24, 2.45) is 0 Å². The molecular formula is C12H22N4. The van der Waals surface area contributed by atoms with Gasteiger partial charge in [-0.2, -0.15) is 4.98 Å². The number of aryl methyl sites for hydroxylation is 1. The summed E-state index contributed by atoms with van der Waals surface area (Å²) in [6.07, 6.45) is 3.98. The second-order valence-corrected chi connectivity index (χ2v) is 4.37. The van der Waals surface area contributed by atoms with Gasteiger partial charge in [0.15, 0.2) is 0 Å². The maximum Gasteiger partial charge on any atom is 0.224 e. The van der Waals surface area contributed by atoms with Crippen LogP contribution in [0.25, 0.3) is 0 Å². The normalized spacial score (nSPS) is 11.3. The molecule has 4 heteroatoms. The molecule has 0 aliphatic rings. The molecule has 0 aromatic carbocycles. The van der Waals surface area contributed by atoms with E-state index >= 15 is 0 Å². The van der Waals surface area contributed by atoms with Gasteiger partial charge in [0.25, 0.3) is 0 Å². The predicted molar refractivity (Wildman–Crippen MR) is 68.9 cm³/mol. The van der Waals surface area contributed by atoms with Crippen molar-refractivity contribution in [2.75, 3.05) is 17.7 Å². The lowest BCUT2D eigenvalue weighted by Gasteiger charge is -2.29. The minimum absolute atomic E-state index is 0.101. The highest BCUT2D eigenvalue weighted by Gasteiger charge is 2.20. The lowest BCUT2D eigenvalue weighted by atomic mass is 9.95. The van der Waals surface area contributed by atoms with E-state index in [1.807, 2.05) is 20.2 Å². The molecule has 1 aromatic rings. The minimum atomic E-state index is 0.101. The van der Waals surface area contributed by atoms with E-state index in [-0.39, 0.29) is 5.54 Å². The van der Waals surface area contributed by atoms with Crippen LogP contribution in [-0.4, -0.2) is 22.6 Å². The molecule has 0 radical (unpaired) electrons. The van der Waals surface area contributed by atoms with E-state index in [9.17, 15) is 0 Å². The Kier molecular flexibility index (Phi) is 4.10. The van der Waals surface area contributed by atoms with Crippen molar-refractivity contribution in [3.8, 4) is 0 Å². The number of aromatic nitrogens is 2. The first-order valence-corrected chi connectivity index (χ1v) is 5.84. The Labute approximate surface area is 97.9 Å². The number of nitrogens with one attached hydrogen (secondary N) is 2. The van der Waals surface area contributed by atoms with Crippen LogP contribution < -0.4 is 10.6 Å². The summed E-state index contributed by atoms with van der Waals surface area (Å²) in [7, 11) is 1.83. The van der Waals surface area contributed by atoms with Crippen LogP contribution in [0.2, 0.25) is 0 Å². The second-order valence-electron chi connectivity index (χ2n) is 4.37. The van der Waals surface area contributed by atoms with Gasteiger partial charge in [-0.15, -0.1) is 0 Å². The van der Waals surface area contributed by atoms with Crippen LogP contribution in [0, 0.1) is 6.92 Å². The van der Waals surface area contributed by atoms with Crippen LogP contribution in [0.1, 0.15) is 39.2 Å². The summed E-state index contributed by atoms with van der Waals surface area (Å²) >= 11 is 0. The molecule has 0 saturated heterocycles. The van der Waals surface area contributed by atoms with E-state index < -0.39 is 0 Å². The molecule has 0 unspecified atom stereocenters. The molecule has 4 nitrogen and oxygen atoms in total. The topological polar surface area (TPSA) is 49.8 Å². The molecule has 1 heterocycles. The average molecular weight is 222 g/mol. The van der Waals surface area contributed by atoms with E-state index in [4.69, 9.17) is 0 Å². The van der Waals surface area contributed by atoms with Crippen molar-refractivity contribution in [1.29, 1.82) is 0 Å². The standard InChI is InChI=1S/C12H22N4/c1-6-12(4,7-2)16-10-9(3)8-14-11(13-5)15-10/h8H,6-7H2,1-5H3,(H2,13,14,15,16). The highest BCUT2D eigenvalue weighted by atomic mass is 15.1. The summed E-state index contributed by atoms with van der Waals surface area (Å²) < 4.78 is 0. The van der Waals surface area contributed by atoms with Gasteiger partial charge >= 0.3 is 0 Å². The zero-order chi connectivity index (χ0) is 12.2. The van der Waals surface area contributed by atoms with Crippen molar-refractivity contribution >= 4 is 11.8 Å². The van der Waals surface area contributed by atoms with E-state index in [0.717, 1.165) is 24.2 Å². The Morgan fingerprint density at radius 2 is 1.94 bits per heavy atom. The third-order valence-electron chi connectivity index (χ3n) is 3.18. The minimum Gasteiger partial charge on any atom is -0.365 e. The summed E-state index contributed by atoms with van der Waals surface area (Å²) in [6, 6.07) is 0. The van der Waals surface area contributed by atoms with Gasteiger partial charge in [0.1, 0.15) is 5.82 Å². The first-order valence-electron chi connectivity index (χ1n) is 5.84. The van der Waals surface area contributed by atoms with Crippen molar-refractivity contribution in [1.82, 2.24) is 9.97 Å². The van der Waals surface area contributed by atoms with E-state index in [0.29, 0.717) is 5.95 Å². The first kappa shape index (κ1) is 12.7. The molecule has 1 rings (SSSR count). The van der Waals surface area contributed by atoms with E-state index in [1.54, 1.807) is 0 Å². The van der Waals surface area contributed by atoms with Crippen molar-refractivity contribution < 1.29 is 0 Å². The monoisotopic (exact) mass is 222 g/mol. The number of hydrogen-bond acceptors (Lipinski definition) is 4. The van der Waals surface area contributed by atoms with Crippen LogP contribution >= 0.6 is 0 Å². The smallest absolute Gasteiger partial charge is 0.224 e. The van der Waals surface area contributed by atoms with Gasteiger partial charge < -0.3 is 10.6 Å². The van der Waals surface area contributed by atoms with Gasteiger partial charge in [0.2, 0.25) is 5.95 Å². The third kappa shape index (κ3) is 2.84. The van der Waals surface area contributed by atoms with Crippen LogP contribution in [-0.2, 0) is 0 Å². The zero-order valence-corrected chi connectivity index (χ0v) is 10.9. The van der Waals surface area contributed by atoms with Gasteiger partial charge in [0, 0.05) is 24.3 Å². The van der Waals surface area contributed by atoms with Crippen LogP contribution in [0.5, 0.6) is 0 Å². The largest absolute Gasteiger partial charge is 0.365 e. The molecular weight excluding hydrogens is 200 g/mol. The molecule has 1 aromatic heterocycles. The fourth-order valence-corrected chi connectivity index (χ4v) is 1.40. The molecule has 90 valence electrons. The summed E-state index contributed by atoms with van der Waals surface area (Å²) in [4.78, 5) is 8.62.